The molecule has 122 valence electrons. The number of benzene rings is 2. The summed E-state index contributed by atoms with van der Waals surface area (Å²) in [6.45, 7) is 0. The monoisotopic (exact) mass is 398 g/mol. The first-order chi connectivity index (χ1) is 11.0. The molecular weight excluding hydrogens is 384 g/mol. The van der Waals surface area contributed by atoms with E-state index in [-0.39, 0.29) is 4.90 Å². The second-order valence-corrected chi connectivity index (χ2v) is 6.97. The largest absolute Gasteiger partial charge is 0.493 e. The highest BCUT2D eigenvalue weighted by Crippen LogP contribution is 2.29. The number of hydrogen-bond acceptors (Lipinski definition) is 5. The van der Waals surface area contributed by atoms with Crippen LogP contribution in [0.25, 0.3) is 0 Å². The lowest BCUT2D eigenvalue weighted by Gasteiger charge is -2.09. The van der Waals surface area contributed by atoms with E-state index in [0.717, 1.165) is 4.47 Å². The van der Waals surface area contributed by atoms with Crippen LogP contribution in [0.2, 0.25) is 0 Å². The predicted molar refractivity (Wildman–Crippen MR) is 91.6 cm³/mol. The Hall–Kier alpha value is -2.06. The highest BCUT2D eigenvalue weighted by Gasteiger charge is 2.12. The Morgan fingerprint density at radius 3 is 2.39 bits per heavy atom. The van der Waals surface area contributed by atoms with E-state index in [0.29, 0.717) is 17.1 Å². The van der Waals surface area contributed by atoms with Gasteiger partial charge < -0.3 is 9.47 Å². The summed E-state index contributed by atoms with van der Waals surface area (Å²) in [4.78, 5) is 2.28. The number of nitrogens with one attached hydrogen (secondary N) is 1. The summed E-state index contributed by atoms with van der Waals surface area (Å²) >= 11 is 3.25. The minimum absolute atomic E-state index is 0.121. The third-order valence-electron chi connectivity index (χ3n) is 2.93. The Morgan fingerprint density at radius 2 is 1.78 bits per heavy atom. The minimum atomic E-state index is -3.72. The van der Waals surface area contributed by atoms with Crippen LogP contribution in [0.15, 0.2) is 56.9 Å². The average Bonchev–Trinajstić information content (AvgIpc) is 2.54. The third kappa shape index (κ3) is 4.23. The van der Waals surface area contributed by atoms with Crippen molar-refractivity contribution in [1.82, 2.24) is 4.83 Å². The molecule has 0 amide bonds. The van der Waals surface area contributed by atoms with Gasteiger partial charge in [0.05, 0.1) is 25.3 Å². The van der Waals surface area contributed by atoms with E-state index in [2.05, 4.69) is 25.9 Å². The van der Waals surface area contributed by atoms with Crippen molar-refractivity contribution < 1.29 is 17.9 Å². The Morgan fingerprint density at radius 1 is 1.09 bits per heavy atom. The number of methoxy groups -OCH3 is 2. The molecule has 2 aromatic carbocycles. The molecule has 0 unspecified atom stereocenters. The topological polar surface area (TPSA) is 77.0 Å². The van der Waals surface area contributed by atoms with Gasteiger partial charge in [-0.15, -0.1) is 0 Å². The number of halogens is 1. The Balaban J connectivity index is 2.20. The SMILES string of the molecule is COc1cccc(/C=N\NS(=O)(=O)c2ccc(Br)cc2)c1OC. The summed E-state index contributed by atoms with van der Waals surface area (Å²) in [6.07, 6.45) is 1.36. The number of rotatable bonds is 6. The van der Waals surface area contributed by atoms with E-state index < -0.39 is 10.0 Å². The van der Waals surface area contributed by atoms with Crippen LogP contribution >= 0.6 is 15.9 Å². The molecule has 0 saturated heterocycles. The van der Waals surface area contributed by atoms with Crippen LogP contribution in [0.1, 0.15) is 5.56 Å². The minimum Gasteiger partial charge on any atom is -0.493 e. The summed E-state index contributed by atoms with van der Waals surface area (Å²) in [5.41, 5.74) is 0.588. The molecule has 23 heavy (non-hydrogen) atoms. The van der Waals surface area contributed by atoms with Crippen LogP contribution < -0.4 is 14.3 Å². The van der Waals surface area contributed by atoms with Crippen molar-refractivity contribution in [2.75, 3.05) is 14.2 Å². The molecule has 0 aliphatic heterocycles. The molecule has 0 bridgehead atoms. The van der Waals surface area contributed by atoms with E-state index in [1.54, 1.807) is 30.3 Å². The van der Waals surface area contributed by atoms with Gasteiger partial charge in [-0.25, -0.2) is 4.83 Å². The lowest BCUT2D eigenvalue weighted by atomic mass is 10.2. The molecule has 0 aromatic heterocycles. The number of sulfonamides is 1. The first kappa shape index (κ1) is 17.3. The molecule has 6 nitrogen and oxygen atoms in total. The van der Waals surface area contributed by atoms with Crippen molar-refractivity contribution in [2.24, 2.45) is 5.10 Å². The van der Waals surface area contributed by atoms with Gasteiger partial charge in [0.15, 0.2) is 11.5 Å². The Labute approximate surface area is 143 Å². The molecule has 0 heterocycles. The first-order valence-electron chi connectivity index (χ1n) is 6.49. The van der Waals surface area contributed by atoms with E-state index in [1.165, 1.54) is 32.6 Å². The van der Waals surface area contributed by atoms with Gasteiger partial charge in [-0.1, -0.05) is 22.0 Å². The highest BCUT2D eigenvalue weighted by molar-refractivity contribution is 9.10. The fraction of sp³-hybridized carbons (Fsp3) is 0.133. The van der Waals surface area contributed by atoms with E-state index in [1.807, 2.05) is 0 Å². The zero-order valence-corrected chi connectivity index (χ0v) is 14.9. The normalized spacial score (nSPS) is 11.4. The predicted octanol–water partition coefficient (Wildman–Crippen LogP) is 2.78. The summed E-state index contributed by atoms with van der Waals surface area (Å²) in [5.74, 6) is 1.01. The van der Waals surface area contributed by atoms with Gasteiger partial charge in [0, 0.05) is 10.0 Å². The lowest BCUT2D eigenvalue weighted by molar-refractivity contribution is 0.354. The molecule has 2 aromatic rings. The van der Waals surface area contributed by atoms with E-state index >= 15 is 0 Å². The molecule has 1 N–H and O–H groups in total. The molecule has 2 rings (SSSR count). The van der Waals surface area contributed by atoms with Gasteiger partial charge in [0.1, 0.15) is 0 Å². The molecular formula is C15H15BrN2O4S. The molecule has 8 heteroatoms. The molecule has 0 radical (unpaired) electrons. The standard InChI is InChI=1S/C15H15BrN2O4S/c1-21-14-5-3-4-11(15(14)22-2)10-17-18-23(19,20)13-8-6-12(16)7-9-13/h3-10,18H,1-2H3/b17-10-. The molecule has 0 atom stereocenters. The van der Waals surface area contributed by atoms with Crippen molar-refractivity contribution in [3.05, 3.63) is 52.5 Å². The quantitative estimate of drug-likeness (QED) is 0.599. The fourth-order valence-corrected chi connectivity index (χ4v) is 2.90. The van der Waals surface area contributed by atoms with Gasteiger partial charge in [-0.2, -0.15) is 13.5 Å². The van der Waals surface area contributed by atoms with Crippen LogP contribution in [0.5, 0.6) is 11.5 Å². The molecule has 0 spiro atoms. The van der Waals surface area contributed by atoms with Crippen LogP contribution in [0.3, 0.4) is 0 Å². The van der Waals surface area contributed by atoms with Crippen molar-refractivity contribution in [1.29, 1.82) is 0 Å². The Bertz CT molecular complexity index is 805. The third-order valence-corrected chi connectivity index (χ3v) is 4.70. The summed E-state index contributed by atoms with van der Waals surface area (Å²) in [7, 11) is -0.699. The first-order valence-corrected chi connectivity index (χ1v) is 8.77. The van der Waals surface area contributed by atoms with E-state index in [9.17, 15) is 8.42 Å². The lowest BCUT2D eigenvalue weighted by Crippen LogP contribution is -2.18. The molecule has 0 aliphatic carbocycles. The molecule has 0 fully saturated rings. The average molecular weight is 399 g/mol. The molecule has 0 aliphatic rings. The summed E-state index contributed by atoms with van der Waals surface area (Å²) in [5, 5.41) is 3.79. The maximum Gasteiger partial charge on any atom is 0.276 e. The maximum atomic E-state index is 12.1. The zero-order valence-electron chi connectivity index (χ0n) is 12.5. The number of para-hydroxylation sites is 1. The second kappa shape index (κ2) is 7.47. The Kier molecular flexibility index (Phi) is 5.62. The van der Waals surface area contributed by atoms with Gasteiger partial charge in [-0.3, -0.25) is 0 Å². The van der Waals surface area contributed by atoms with Gasteiger partial charge >= 0.3 is 0 Å². The van der Waals surface area contributed by atoms with Crippen molar-refractivity contribution in [3.8, 4) is 11.5 Å². The van der Waals surface area contributed by atoms with Crippen molar-refractivity contribution >= 4 is 32.2 Å². The second-order valence-electron chi connectivity index (χ2n) is 4.39. The van der Waals surface area contributed by atoms with Crippen molar-refractivity contribution in [2.45, 2.75) is 4.90 Å². The van der Waals surface area contributed by atoms with Crippen LogP contribution in [-0.4, -0.2) is 28.9 Å². The number of ether oxygens (including phenoxy) is 2. The number of hydrazone groups is 1. The smallest absolute Gasteiger partial charge is 0.276 e. The fourth-order valence-electron chi connectivity index (χ4n) is 1.85. The van der Waals surface area contributed by atoms with Crippen LogP contribution in [0.4, 0.5) is 0 Å². The van der Waals surface area contributed by atoms with Gasteiger partial charge in [-0.05, 0) is 36.4 Å². The summed E-state index contributed by atoms with van der Waals surface area (Å²) < 4.78 is 35.4. The van der Waals surface area contributed by atoms with Crippen molar-refractivity contribution in [3.63, 3.8) is 0 Å². The van der Waals surface area contributed by atoms with Gasteiger partial charge in [0.2, 0.25) is 0 Å². The van der Waals surface area contributed by atoms with Gasteiger partial charge in [0.25, 0.3) is 10.0 Å². The van der Waals surface area contributed by atoms with Crippen LogP contribution in [0, 0.1) is 0 Å². The van der Waals surface area contributed by atoms with E-state index in [4.69, 9.17) is 9.47 Å². The number of hydrogen-bond donors (Lipinski definition) is 1. The highest BCUT2D eigenvalue weighted by atomic mass is 79.9. The maximum absolute atomic E-state index is 12.1. The summed E-state index contributed by atoms with van der Waals surface area (Å²) in [6, 6.07) is 11.5. The molecule has 0 saturated carbocycles. The van der Waals surface area contributed by atoms with Crippen LogP contribution in [-0.2, 0) is 10.0 Å². The number of nitrogens with zero attached hydrogens (tertiary/aromatic N) is 1. The zero-order chi connectivity index (χ0) is 16.9.